The summed E-state index contributed by atoms with van der Waals surface area (Å²) in [6.07, 6.45) is 4.60. The quantitative estimate of drug-likeness (QED) is 0.160. The number of benzene rings is 7. The fourth-order valence-electron chi connectivity index (χ4n) is 13.0. The SMILES string of the molecule is Cc1ccc2oc3c(c2c1)N(c1ccc(C(C)(C)C)cc1C)c1cc(N(c2ccccc2)c2ccccc2)cc2c1B3c1cc3c(cc1N2c1ccc2c(c1)C(C)(C)CCC2(C)C)C(C)(C)CCC3(C)C. The van der Waals surface area contributed by atoms with Crippen molar-refractivity contribution < 1.29 is 4.42 Å². The van der Waals surface area contributed by atoms with Crippen LogP contribution in [0.3, 0.4) is 0 Å². The molecular formula is C66H70BN3O. The molecule has 0 unspecified atom stereocenters. The Kier molecular flexibility index (Phi) is 9.98. The van der Waals surface area contributed by atoms with Gasteiger partial charge >= 0.3 is 0 Å². The average Bonchev–Trinajstić information content (AvgIpc) is 3.70. The summed E-state index contributed by atoms with van der Waals surface area (Å²) in [5, 5.41) is 1.14. The lowest BCUT2D eigenvalue weighted by Crippen LogP contribution is -2.61. The average molecular weight is 932 g/mol. The van der Waals surface area contributed by atoms with Crippen molar-refractivity contribution in [3.63, 3.8) is 0 Å². The van der Waals surface area contributed by atoms with Gasteiger partial charge < -0.3 is 19.1 Å². The van der Waals surface area contributed by atoms with E-state index in [2.05, 4.69) is 244 Å². The van der Waals surface area contributed by atoms with Gasteiger partial charge in [0.05, 0.1) is 17.0 Å². The van der Waals surface area contributed by atoms with Crippen molar-refractivity contribution in [3.05, 3.63) is 178 Å². The molecule has 0 bridgehead atoms. The van der Waals surface area contributed by atoms with Crippen LogP contribution in [-0.2, 0) is 27.1 Å². The van der Waals surface area contributed by atoms with Crippen LogP contribution in [0.5, 0.6) is 0 Å². The summed E-state index contributed by atoms with van der Waals surface area (Å²) in [7, 11) is 0. The van der Waals surface area contributed by atoms with Gasteiger partial charge in [-0.15, -0.1) is 0 Å². The number of aryl methyl sites for hydroxylation is 2. The van der Waals surface area contributed by atoms with Gasteiger partial charge in [-0.3, -0.25) is 0 Å². The predicted molar refractivity (Wildman–Crippen MR) is 304 cm³/mol. The van der Waals surface area contributed by atoms with Crippen molar-refractivity contribution in [2.24, 2.45) is 0 Å². The van der Waals surface area contributed by atoms with Crippen LogP contribution < -0.4 is 31.3 Å². The van der Waals surface area contributed by atoms with Crippen LogP contribution in [0.25, 0.3) is 11.0 Å². The molecule has 12 rings (SSSR count). The summed E-state index contributed by atoms with van der Waals surface area (Å²) in [5.41, 5.74) is 24.7. The first-order valence-corrected chi connectivity index (χ1v) is 26.3. The smallest absolute Gasteiger partial charge is 0.297 e. The summed E-state index contributed by atoms with van der Waals surface area (Å²) >= 11 is 0. The molecule has 2 aliphatic carbocycles. The molecule has 0 saturated heterocycles. The second-order valence-electron chi connectivity index (χ2n) is 25.3. The van der Waals surface area contributed by atoms with Gasteiger partial charge in [0.15, 0.2) is 0 Å². The Morgan fingerprint density at radius 2 is 1.07 bits per heavy atom. The molecule has 0 spiro atoms. The van der Waals surface area contributed by atoms with Crippen molar-refractivity contribution in [1.82, 2.24) is 0 Å². The lowest BCUT2D eigenvalue weighted by atomic mass is 9.35. The predicted octanol–water partition coefficient (Wildman–Crippen LogP) is 16.6. The molecule has 8 aromatic rings. The highest BCUT2D eigenvalue weighted by Gasteiger charge is 2.50. The molecule has 4 aliphatic rings. The Morgan fingerprint density at radius 3 is 1.66 bits per heavy atom. The largest absolute Gasteiger partial charge is 0.468 e. The molecule has 0 amide bonds. The van der Waals surface area contributed by atoms with E-state index in [9.17, 15) is 0 Å². The zero-order chi connectivity index (χ0) is 49.7. The third kappa shape index (κ3) is 7.07. The number of rotatable bonds is 5. The van der Waals surface area contributed by atoms with E-state index in [0.29, 0.717) is 0 Å². The summed E-state index contributed by atoms with van der Waals surface area (Å²) in [6.45, 7) is 31.0. The third-order valence-electron chi connectivity index (χ3n) is 17.5. The summed E-state index contributed by atoms with van der Waals surface area (Å²) in [5.74, 6) is 0. The Bertz CT molecular complexity index is 3420. The van der Waals surface area contributed by atoms with Crippen molar-refractivity contribution in [3.8, 4) is 0 Å². The monoisotopic (exact) mass is 932 g/mol. The van der Waals surface area contributed by atoms with Crippen molar-refractivity contribution in [1.29, 1.82) is 0 Å². The highest BCUT2D eigenvalue weighted by atomic mass is 16.3. The summed E-state index contributed by atoms with van der Waals surface area (Å²) in [6, 6.07) is 53.5. The molecule has 0 fully saturated rings. The number of anilines is 9. The zero-order valence-corrected chi connectivity index (χ0v) is 44.4. The molecule has 2 aliphatic heterocycles. The van der Waals surface area contributed by atoms with Crippen molar-refractivity contribution in [2.45, 2.75) is 143 Å². The van der Waals surface area contributed by atoms with Gasteiger partial charge in [0.2, 0.25) is 0 Å². The van der Waals surface area contributed by atoms with Crippen LogP contribution >= 0.6 is 0 Å². The molecule has 3 heterocycles. The van der Waals surface area contributed by atoms with E-state index >= 15 is 0 Å². The fraction of sp³-hybridized carbons (Fsp3) is 0.333. The maximum atomic E-state index is 7.47. The molecule has 4 nitrogen and oxygen atoms in total. The highest BCUT2D eigenvalue weighted by molar-refractivity contribution is 7.00. The first-order valence-electron chi connectivity index (χ1n) is 26.3. The normalized spacial score (nSPS) is 17.8. The molecule has 358 valence electrons. The minimum absolute atomic E-state index is 0.000280. The summed E-state index contributed by atoms with van der Waals surface area (Å²) in [4.78, 5) is 7.71. The van der Waals surface area contributed by atoms with Crippen LogP contribution in [0.4, 0.5) is 51.2 Å². The standard InChI is InChI=1S/C66H70BN3O/c1-41-24-29-58-48(34-41)60-61(71-58)67-53-39-51-52(66(12,13)33-32-65(51,10)11)40-55(53)69(46-26-27-49-50(36-46)64(8,9)31-30-63(49,6)7)56-37-47(68(44-20-16-14-17-21-44)45-22-18-15-19-23-45)38-57(59(56)67)70(60)54-28-25-43(35-42(54)2)62(3,4)5/h14-29,34-40H,30-33H2,1-13H3. The van der Waals surface area contributed by atoms with Gasteiger partial charge in [-0.25, -0.2) is 0 Å². The lowest BCUT2D eigenvalue weighted by Gasteiger charge is -2.47. The van der Waals surface area contributed by atoms with E-state index in [-0.39, 0.29) is 33.8 Å². The molecule has 5 heteroatoms. The van der Waals surface area contributed by atoms with E-state index in [1.54, 1.807) is 0 Å². The van der Waals surface area contributed by atoms with E-state index in [4.69, 9.17) is 4.42 Å². The van der Waals surface area contributed by atoms with E-state index < -0.39 is 0 Å². The number of hydrogen-bond donors (Lipinski definition) is 0. The highest BCUT2D eigenvalue weighted by Crippen LogP contribution is 2.55. The first kappa shape index (κ1) is 45.7. The topological polar surface area (TPSA) is 22.9 Å². The first-order chi connectivity index (χ1) is 33.6. The minimum Gasteiger partial charge on any atom is -0.468 e. The van der Waals surface area contributed by atoms with Gasteiger partial charge in [-0.2, -0.15) is 0 Å². The zero-order valence-electron chi connectivity index (χ0n) is 44.4. The van der Waals surface area contributed by atoms with Crippen LogP contribution in [0.15, 0.2) is 144 Å². The van der Waals surface area contributed by atoms with Gasteiger partial charge in [0.1, 0.15) is 5.58 Å². The number of hydrogen-bond acceptors (Lipinski definition) is 4. The molecule has 1 aromatic heterocycles. The van der Waals surface area contributed by atoms with Crippen molar-refractivity contribution >= 4 is 85.5 Å². The Balaban J connectivity index is 1.26. The number of furan rings is 1. The Labute approximate surface area is 423 Å². The van der Waals surface area contributed by atoms with Crippen LogP contribution in [-0.4, -0.2) is 6.71 Å². The number of para-hydroxylation sites is 2. The second kappa shape index (κ2) is 15.5. The van der Waals surface area contributed by atoms with Gasteiger partial charge in [0.25, 0.3) is 6.71 Å². The molecule has 0 atom stereocenters. The molecule has 71 heavy (non-hydrogen) atoms. The summed E-state index contributed by atoms with van der Waals surface area (Å²) < 4.78 is 7.47. The Hall–Kier alpha value is -6.46. The molecule has 0 radical (unpaired) electrons. The van der Waals surface area contributed by atoms with Gasteiger partial charge in [-0.05, 0) is 184 Å². The molecule has 0 saturated carbocycles. The van der Waals surface area contributed by atoms with Crippen LogP contribution in [0, 0.1) is 13.8 Å². The maximum Gasteiger partial charge on any atom is 0.297 e. The van der Waals surface area contributed by atoms with Crippen molar-refractivity contribution in [2.75, 3.05) is 14.7 Å². The lowest BCUT2D eigenvalue weighted by molar-refractivity contribution is 0.332. The number of nitrogens with zero attached hydrogens (tertiary/aromatic N) is 3. The number of fused-ring (bicyclic) bond motifs is 8. The van der Waals surface area contributed by atoms with Gasteiger partial charge in [-0.1, -0.05) is 148 Å². The molecular weight excluding hydrogens is 862 g/mol. The second-order valence-corrected chi connectivity index (χ2v) is 25.3. The van der Waals surface area contributed by atoms with Crippen LogP contribution in [0.2, 0.25) is 0 Å². The molecule has 0 N–H and O–H groups in total. The van der Waals surface area contributed by atoms with E-state index in [1.165, 1.54) is 79.0 Å². The maximum absolute atomic E-state index is 7.47. The fourth-order valence-corrected chi connectivity index (χ4v) is 13.0. The Morgan fingerprint density at radius 1 is 0.507 bits per heavy atom. The van der Waals surface area contributed by atoms with Crippen LogP contribution in [0.1, 0.15) is 141 Å². The molecule has 7 aromatic carbocycles. The van der Waals surface area contributed by atoms with E-state index in [1.807, 2.05) is 0 Å². The van der Waals surface area contributed by atoms with E-state index in [0.717, 1.165) is 64.3 Å². The minimum atomic E-state index is -0.172. The van der Waals surface area contributed by atoms with Gasteiger partial charge in [0, 0.05) is 45.2 Å². The third-order valence-corrected chi connectivity index (χ3v) is 17.5.